The molecule has 1 unspecified atom stereocenters. The van der Waals surface area contributed by atoms with Crippen molar-refractivity contribution >= 4 is 28.1 Å². The van der Waals surface area contributed by atoms with Crippen LogP contribution in [0.4, 0.5) is 10.2 Å². The van der Waals surface area contributed by atoms with Crippen molar-refractivity contribution in [3.8, 4) is 22.1 Å². The number of rotatable bonds is 10. The van der Waals surface area contributed by atoms with E-state index in [1.165, 1.54) is 17.7 Å². The van der Waals surface area contributed by atoms with E-state index in [0.717, 1.165) is 32.0 Å². The van der Waals surface area contributed by atoms with Crippen LogP contribution >= 0.6 is 11.3 Å². The van der Waals surface area contributed by atoms with E-state index in [2.05, 4.69) is 25.9 Å². The van der Waals surface area contributed by atoms with E-state index in [-0.39, 0.29) is 0 Å². The number of aliphatic hydroxyl groups excluding tert-OH is 1. The fraction of sp³-hybridized carbons (Fsp3) is 0.333. The molecule has 0 fully saturated rings. The van der Waals surface area contributed by atoms with Gasteiger partial charge < -0.3 is 24.5 Å². The standard InChI is InChI=1S/C24H27FN4O3S/c1-4-31-20-12-21(33-24(20)16(3)30)18-11-22(28-14-27-18)26-8-9-29-15(2)10-17-6-5-7-19(23(17)29)32-13-25/h5-7,10-12,14,16,30H,4,8-9,13H2,1-3H3,(H,26,27,28). The summed E-state index contributed by atoms with van der Waals surface area (Å²) in [5.74, 6) is 1.91. The van der Waals surface area contributed by atoms with E-state index in [1.807, 2.05) is 38.1 Å². The van der Waals surface area contributed by atoms with Crippen molar-refractivity contribution in [3.05, 3.63) is 53.3 Å². The Labute approximate surface area is 195 Å². The number of benzene rings is 1. The Balaban J connectivity index is 1.51. The summed E-state index contributed by atoms with van der Waals surface area (Å²) in [7, 11) is 0. The van der Waals surface area contributed by atoms with Crippen LogP contribution in [0.5, 0.6) is 11.5 Å². The number of hydrogen-bond donors (Lipinski definition) is 2. The predicted molar refractivity (Wildman–Crippen MR) is 129 cm³/mol. The maximum absolute atomic E-state index is 12.8. The zero-order valence-corrected chi connectivity index (χ0v) is 19.7. The molecule has 174 valence electrons. The highest BCUT2D eigenvalue weighted by atomic mass is 32.1. The van der Waals surface area contributed by atoms with Gasteiger partial charge in [0.1, 0.15) is 23.6 Å². The zero-order valence-electron chi connectivity index (χ0n) is 18.8. The molecule has 0 saturated carbocycles. The van der Waals surface area contributed by atoms with E-state index in [1.54, 1.807) is 13.0 Å². The summed E-state index contributed by atoms with van der Waals surface area (Å²) >= 11 is 1.46. The SMILES string of the molecule is CCOc1cc(-c2cc(NCCn3c(C)cc4cccc(OCF)c43)ncn2)sc1C(C)O. The molecule has 1 atom stereocenters. The summed E-state index contributed by atoms with van der Waals surface area (Å²) in [6.07, 6.45) is 0.902. The minimum absolute atomic E-state index is 0.526. The van der Waals surface area contributed by atoms with E-state index >= 15 is 0 Å². The number of aromatic nitrogens is 3. The molecule has 0 spiro atoms. The Hall–Kier alpha value is -3.17. The normalized spacial score (nSPS) is 12.2. The van der Waals surface area contributed by atoms with Crippen LogP contribution in [0.1, 0.15) is 30.5 Å². The van der Waals surface area contributed by atoms with Crippen molar-refractivity contribution in [2.45, 2.75) is 33.4 Å². The summed E-state index contributed by atoms with van der Waals surface area (Å²) in [5, 5.41) is 14.4. The third-order valence-corrected chi connectivity index (χ3v) is 6.57. The summed E-state index contributed by atoms with van der Waals surface area (Å²) < 4.78 is 25.8. The van der Waals surface area contributed by atoms with Gasteiger partial charge in [-0.15, -0.1) is 11.3 Å². The van der Waals surface area contributed by atoms with Crippen LogP contribution in [0.3, 0.4) is 0 Å². The Morgan fingerprint density at radius 1 is 1.18 bits per heavy atom. The summed E-state index contributed by atoms with van der Waals surface area (Å²) in [4.78, 5) is 10.4. The van der Waals surface area contributed by atoms with Gasteiger partial charge in [-0.3, -0.25) is 0 Å². The minimum atomic E-state index is -0.865. The lowest BCUT2D eigenvalue weighted by Crippen LogP contribution is -2.12. The third kappa shape index (κ3) is 4.94. The third-order valence-electron chi connectivity index (χ3n) is 5.27. The van der Waals surface area contributed by atoms with Crippen molar-refractivity contribution in [3.63, 3.8) is 0 Å². The lowest BCUT2D eigenvalue weighted by Gasteiger charge is -2.12. The van der Waals surface area contributed by atoms with Gasteiger partial charge in [0.15, 0.2) is 0 Å². The molecule has 0 aliphatic rings. The number of nitrogens with one attached hydrogen (secondary N) is 1. The molecule has 7 nitrogen and oxygen atoms in total. The second-order valence-corrected chi connectivity index (χ2v) is 8.63. The summed E-state index contributed by atoms with van der Waals surface area (Å²) in [5.41, 5.74) is 2.70. The molecule has 0 amide bonds. The van der Waals surface area contributed by atoms with Gasteiger partial charge in [-0.25, -0.2) is 14.4 Å². The molecular weight excluding hydrogens is 443 g/mol. The molecule has 0 aliphatic carbocycles. The van der Waals surface area contributed by atoms with Gasteiger partial charge in [-0.2, -0.15) is 0 Å². The number of hydrogen-bond acceptors (Lipinski definition) is 7. The molecule has 0 radical (unpaired) electrons. The molecule has 0 saturated heterocycles. The van der Waals surface area contributed by atoms with E-state index in [9.17, 15) is 9.50 Å². The molecular formula is C24H27FN4O3S. The molecule has 4 aromatic rings. The van der Waals surface area contributed by atoms with Gasteiger partial charge in [0, 0.05) is 36.3 Å². The Kier molecular flexibility index (Phi) is 7.10. The molecule has 4 rings (SSSR count). The average molecular weight is 471 g/mol. The molecule has 3 aromatic heterocycles. The highest BCUT2D eigenvalue weighted by molar-refractivity contribution is 7.15. The lowest BCUT2D eigenvalue weighted by atomic mass is 10.2. The fourth-order valence-electron chi connectivity index (χ4n) is 3.85. The summed E-state index contributed by atoms with van der Waals surface area (Å²) in [6.45, 7) is 6.59. The Morgan fingerprint density at radius 2 is 2.03 bits per heavy atom. The topological polar surface area (TPSA) is 81.4 Å². The predicted octanol–water partition coefficient (Wildman–Crippen LogP) is 5.34. The van der Waals surface area contributed by atoms with Crippen LogP contribution in [-0.4, -0.2) is 39.7 Å². The van der Waals surface area contributed by atoms with Crippen LogP contribution in [0.2, 0.25) is 0 Å². The smallest absolute Gasteiger partial charge is 0.228 e. The monoisotopic (exact) mass is 470 g/mol. The molecule has 9 heteroatoms. The second-order valence-electron chi connectivity index (χ2n) is 7.55. The number of para-hydroxylation sites is 1. The first-order valence-corrected chi connectivity index (χ1v) is 11.6. The maximum Gasteiger partial charge on any atom is 0.228 e. The quantitative estimate of drug-likeness (QED) is 0.326. The van der Waals surface area contributed by atoms with Gasteiger partial charge in [-0.1, -0.05) is 12.1 Å². The highest BCUT2D eigenvalue weighted by Gasteiger charge is 2.17. The van der Waals surface area contributed by atoms with Crippen LogP contribution < -0.4 is 14.8 Å². The number of halogens is 1. The van der Waals surface area contributed by atoms with E-state index < -0.39 is 13.0 Å². The van der Waals surface area contributed by atoms with Crippen molar-refractivity contribution in [2.75, 3.05) is 25.3 Å². The molecule has 33 heavy (non-hydrogen) atoms. The number of nitrogens with zero attached hydrogens (tertiary/aromatic N) is 3. The minimum Gasteiger partial charge on any atom is -0.493 e. The van der Waals surface area contributed by atoms with Crippen LogP contribution in [0, 0.1) is 6.92 Å². The zero-order chi connectivity index (χ0) is 23.4. The lowest BCUT2D eigenvalue weighted by molar-refractivity contribution is 0.193. The van der Waals surface area contributed by atoms with Gasteiger partial charge in [0.2, 0.25) is 6.86 Å². The number of anilines is 1. The van der Waals surface area contributed by atoms with Gasteiger partial charge in [0.05, 0.1) is 33.7 Å². The molecule has 0 bridgehead atoms. The number of aliphatic hydroxyl groups is 1. The van der Waals surface area contributed by atoms with Gasteiger partial charge >= 0.3 is 0 Å². The number of alkyl halides is 1. The number of fused-ring (bicyclic) bond motifs is 1. The van der Waals surface area contributed by atoms with Crippen LogP contribution in [0.25, 0.3) is 21.5 Å². The van der Waals surface area contributed by atoms with Crippen molar-refractivity contribution in [1.82, 2.24) is 14.5 Å². The molecule has 2 N–H and O–H groups in total. The van der Waals surface area contributed by atoms with E-state index in [0.29, 0.717) is 37.0 Å². The largest absolute Gasteiger partial charge is 0.493 e. The molecule has 1 aromatic carbocycles. The van der Waals surface area contributed by atoms with Gasteiger partial charge in [0.25, 0.3) is 0 Å². The first-order valence-electron chi connectivity index (χ1n) is 10.8. The fourth-order valence-corrected chi connectivity index (χ4v) is 4.85. The Morgan fingerprint density at radius 3 is 2.79 bits per heavy atom. The van der Waals surface area contributed by atoms with Crippen LogP contribution in [-0.2, 0) is 6.54 Å². The number of ether oxygens (including phenoxy) is 2. The van der Waals surface area contributed by atoms with E-state index in [4.69, 9.17) is 9.47 Å². The van der Waals surface area contributed by atoms with Crippen LogP contribution in [0.15, 0.2) is 42.7 Å². The maximum atomic E-state index is 12.8. The van der Waals surface area contributed by atoms with Crippen molar-refractivity contribution in [2.24, 2.45) is 0 Å². The average Bonchev–Trinajstić information content (AvgIpc) is 3.36. The first-order chi connectivity index (χ1) is 16.0. The van der Waals surface area contributed by atoms with Crippen molar-refractivity contribution in [1.29, 1.82) is 0 Å². The molecule has 0 aliphatic heterocycles. The number of thiophene rings is 1. The van der Waals surface area contributed by atoms with Gasteiger partial charge in [-0.05, 0) is 32.9 Å². The van der Waals surface area contributed by atoms with Crippen molar-refractivity contribution < 1.29 is 19.0 Å². The Bertz CT molecular complexity index is 1240. The highest BCUT2D eigenvalue weighted by Crippen LogP contribution is 2.39. The summed E-state index contributed by atoms with van der Waals surface area (Å²) in [6, 6.07) is 11.5. The number of aryl methyl sites for hydroxylation is 1. The second kappa shape index (κ2) is 10.2. The molecule has 3 heterocycles. The first kappa shape index (κ1) is 23.0.